The Bertz CT molecular complexity index is 596. The number of hydrogen-bond acceptors (Lipinski definition) is 2. The van der Waals surface area contributed by atoms with Crippen LogP contribution in [0.3, 0.4) is 0 Å². The molecule has 0 bridgehead atoms. The van der Waals surface area contributed by atoms with E-state index >= 15 is 0 Å². The molecule has 156 valence electrons. The molecule has 0 fully saturated rings. The van der Waals surface area contributed by atoms with Gasteiger partial charge in [0.05, 0.1) is 0 Å². The average molecular weight is 385 g/mol. The SMILES string of the molecule is C=CCCCN(CCCN1CC(/C=C\C)=C(/C=C\C)C1=O)CC(=C)C=C.CC. The third-order valence-corrected chi connectivity index (χ3v) is 4.43. The molecule has 0 atom stereocenters. The Balaban J connectivity index is 0.00000352. The molecule has 28 heavy (non-hydrogen) atoms. The van der Waals surface area contributed by atoms with Crippen LogP contribution in [0, 0.1) is 0 Å². The normalized spacial score (nSPS) is 14.2. The van der Waals surface area contributed by atoms with Gasteiger partial charge in [0.1, 0.15) is 0 Å². The number of carbonyl (C=O) groups is 1. The molecule has 0 saturated heterocycles. The molecular formula is C25H40N2O. The van der Waals surface area contributed by atoms with Crippen molar-refractivity contribution < 1.29 is 4.79 Å². The number of rotatable bonds is 13. The Morgan fingerprint density at radius 1 is 1.11 bits per heavy atom. The summed E-state index contributed by atoms with van der Waals surface area (Å²) in [5.74, 6) is 0.143. The van der Waals surface area contributed by atoms with Crippen LogP contribution in [0.5, 0.6) is 0 Å². The van der Waals surface area contributed by atoms with Gasteiger partial charge in [-0.2, -0.15) is 0 Å². The number of nitrogens with zero attached hydrogens (tertiary/aromatic N) is 2. The van der Waals surface area contributed by atoms with Gasteiger partial charge in [-0.1, -0.05) is 63.5 Å². The third-order valence-electron chi connectivity index (χ3n) is 4.43. The van der Waals surface area contributed by atoms with Crippen molar-refractivity contribution in [2.75, 3.05) is 32.7 Å². The van der Waals surface area contributed by atoms with E-state index in [-0.39, 0.29) is 5.91 Å². The molecule has 1 rings (SSSR count). The van der Waals surface area contributed by atoms with Crippen LogP contribution in [-0.2, 0) is 4.79 Å². The van der Waals surface area contributed by atoms with Crippen molar-refractivity contribution in [2.24, 2.45) is 0 Å². The Morgan fingerprint density at radius 3 is 2.32 bits per heavy atom. The highest BCUT2D eigenvalue weighted by atomic mass is 16.2. The summed E-state index contributed by atoms with van der Waals surface area (Å²) in [7, 11) is 0. The molecule has 0 aromatic carbocycles. The maximum atomic E-state index is 12.6. The molecule has 0 spiro atoms. The Kier molecular flexibility index (Phi) is 14.7. The fourth-order valence-electron chi connectivity index (χ4n) is 3.11. The molecule has 0 aromatic heterocycles. The van der Waals surface area contributed by atoms with Crippen LogP contribution >= 0.6 is 0 Å². The Labute approximate surface area is 173 Å². The first-order valence-electron chi connectivity index (χ1n) is 10.5. The highest BCUT2D eigenvalue weighted by molar-refractivity contribution is 6.00. The summed E-state index contributed by atoms with van der Waals surface area (Å²) in [5, 5.41) is 0. The van der Waals surface area contributed by atoms with Gasteiger partial charge in [-0.25, -0.2) is 0 Å². The summed E-state index contributed by atoms with van der Waals surface area (Å²) in [6.45, 7) is 23.8. The summed E-state index contributed by atoms with van der Waals surface area (Å²) in [4.78, 5) is 17.0. The monoisotopic (exact) mass is 384 g/mol. The fourth-order valence-corrected chi connectivity index (χ4v) is 3.11. The van der Waals surface area contributed by atoms with E-state index in [2.05, 4.69) is 24.6 Å². The summed E-state index contributed by atoms with van der Waals surface area (Å²) < 4.78 is 0. The van der Waals surface area contributed by atoms with E-state index in [0.29, 0.717) is 6.54 Å². The van der Waals surface area contributed by atoms with E-state index in [0.717, 1.165) is 62.2 Å². The number of amides is 1. The topological polar surface area (TPSA) is 23.6 Å². The van der Waals surface area contributed by atoms with Crippen molar-refractivity contribution in [3.05, 3.63) is 72.9 Å². The molecule has 1 aliphatic rings. The van der Waals surface area contributed by atoms with Crippen LogP contribution in [-0.4, -0.2) is 48.4 Å². The number of allylic oxidation sites excluding steroid dienone is 3. The summed E-state index contributed by atoms with van der Waals surface area (Å²) >= 11 is 0. The molecule has 1 aliphatic heterocycles. The minimum atomic E-state index is 0.143. The lowest BCUT2D eigenvalue weighted by Crippen LogP contribution is -2.33. The molecule has 0 saturated carbocycles. The van der Waals surface area contributed by atoms with E-state index in [1.807, 2.05) is 69.1 Å². The minimum absolute atomic E-state index is 0.143. The van der Waals surface area contributed by atoms with Gasteiger partial charge in [0.25, 0.3) is 5.91 Å². The Morgan fingerprint density at radius 2 is 1.75 bits per heavy atom. The van der Waals surface area contributed by atoms with E-state index < -0.39 is 0 Å². The lowest BCUT2D eigenvalue weighted by atomic mass is 10.1. The van der Waals surface area contributed by atoms with E-state index in [1.54, 1.807) is 0 Å². The lowest BCUT2D eigenvalue weighted by molar-refractivity contribution is -0.125. The largest absolute Gasteiger partial charge is 0.334 e. The second-order valence-corrected chi connectivity index (χ2v) is 6.59. The second kappa shape index (κ2) is 15.9. The van der Waals surface area contributed by atoms with E-state index in [4.69, 9.17) is 0 Å². The molecule has 0 unspecified atom stereocenters. The highest BCUT2D eigenvalue weighted by Gasteiger charge is 2.26. The second-order valence-electron chi connectivity index (χ2n) is 6.59. The molecular weight excluding hydrogens is 344 g/mol. The van der Waals surface area contributed by atoms with Crippen molar-refractivity contribution in [1.29, 1.82) is 0 Å². The zero-order chi connectivity index (χ0) is 21.4. The number of carbonyl (C=O) groups excluding carboxylic acids is 1. The quantitative estimate of drug-likeness (QED) is 0.231. The first-order chi connectivity index (χ1) is 13.6. The molecule has 0 aromatic rings. The number of unbranched alkanes of at least 4 members (excludes halogenated alkanes) is 1. The van der Waals surface area contributed by atoms with Gasteiger partial charge in [-0.3, -0.25) is 9.69 Å². The molecule has 3 nitrogen and oxygen atoms in total. The molecule has 0 aliphatic carbocycles. The van der Waals surface area contributed by atoms with Gasteiger partial charge in [0.2, 0.25) is 0 Å². The first kappa shape index (κ1) is 25.9. The van der Waals surface area contributed by atoms with Crippen molar-refractivity contribution in [3.8, 4) is 0 Å². The van der Waals surface area contributed by atoms with Crippen molar-refractivity contribution in [3.63, 3.8) is 0 Å². The molecule has 0 N–H and O–H groups in total. The highest BCUT2D eigenvalue weighted by Crippen LogP contribution is 2.21. The van der Waals surface area contributed by atoms with E-state index in [9.17, 15) is 4.79 Å². The van der Waals surface area contributed by atoms with Crippen molar-refractivity contribution in [2.45, 2.75) is 47.0 Å². The van der Waals surface area contributed by atoms with Crippen LogP contribution < -0.4 is 0 Å². The van der Waals surface area contributed by atoms with Crippen LogP contribution in [0.4, 0.5) is 0 Å². The molecule has 3 heteroatoms. The average Bonchev–Trinajstić information content (AvgIpc) is 2.99. The molecule has 0 radical (unpaired) electrons. The summed E-state index contributed by atoms with van der Waals surface area (Å²) in [6.07, 6.45) is 14.7. The Hall–Kier alpha value is -2.13. The van der Waals surface area contributed by atoms with Gasteiger partial charge >= 0.3 is 0 Å². The van der Waals surface area contributed by atoms with Gasteiger partial charge in [-0.15, -0.1) is 6.58 Å². The first-order valence-corrected chi connectivity index (χ1v) is 10.5. The predicted molar refractivity (Wildman–Crippen MR) is 124 cm³/mol. The summed E-state index contributed by atoms with van der Waals surface area (Å²) in [5.41, 5.74) is 2.97. The number of hydrogen-bond donors (Lipinski definition) is 0. The van der Waals surface area contributed by atoms with Crippen LogP contribution in [0.15, 0.2) is 72.9 Å². The summed E-state index contributed by atoms with van der Waals surface area (Å²) in [6, 6.07) is 0. The molecule has 1 amide bonds. The smallest absolute Gasteiger partial charge is 0.254 e. The third kappa shape index (κ3) is 9.18. The lowest BCUT2D eigenvalue weighted by Gasteiger charge is -2.24. The maximum absolute atomic E-state index is 12.6. The maximum Gasteiger partial charge on any atom is 0.254 e. The zero-order valence-electron chi connectivity index (χ0n) is 18.5. The zero-order valence-corrected chi connectivity index (χ0v) is 18.5. The standard InChI is InChI=1S/C23H34N2O.C2H6/c1-6-10-11-15-24(18-20(5)9-4)16-12-17-25-19-21(13-7-2)22(14-8-3)23(25)26;1-2/h6-9,13-14H,1,4-5,10-12,15-19H2,2-3H3;1-2H3/b13-7-,14-8-;. The van der Waals surface area contributed by atoms with Gasteiger partial charge in [0.15, 0.2) is 0 Å². The fraction of sp³-hybridized carbons (Fsp3) is 0.480. The van der Waals surface area contributed by atoms with Crippen LogP contribution in [0.1, 0.15) is 47.0 Å². The molecule has 1 heterocycles. The van der Waals surface area contributed by atoms with Crippen molar-refractivity contribution >= 4 is 5.91 Å². The van der Waals surface area contributed by atoms with Gasteiger partial charge in [-0.05, 0) is 50.8 Å². The van der Waals surface area contributed by atoms with E-state index in [1.165, 1.54) is 0 Å². The van der Waals surface area contributed by atoms with Crippen molar-refractivity contribution in [1.82, 2.24) is 9.80 Å². The minimum Gasteiger partial charge on any atom is -0.334 e. The van der Waals surface area contributed by atoms with Crippen LogP contribution in [0.2, 0.25) is 0 Å². The van der Waals surface area contributed by atoms with Gasteiger partial charge in [0, 0.05) is 31.8 Å². The van der Waals surface area contributed by atoms with Crippen LogP contribution in [0.25, 0.3) is 0 Å². The van der Waals surface area contributed by atoms with Gasteiger partial charge < -0.3 is 4.90 Å². The predicted octanol–water partition coefficient (Wildman–Crippen LogP) is 5.70.